The maximum absolute atomic E-state index is 9.82. The molecule has 4 heteroatoms. The van der Waals surface area contributed by atoms with E-state index in [2.05, 4.69) is 39.8 Å². The first kappa shape index (κ1) is 25.5. The molecule has 0 bridgehead atoms. The van der Waals surface area contributed by atoms with Crippen LogP contribution in [0.2, 0.25) is 0 Å². The molecule has 1 aromatic carbocycles. The van der Waals surface area contributed by atoms with Crippen LogP contribution in [0, 0.1) is 0 Å². The number of aryl methyl sites for hydroxylation is 1. The Balaban J connectivity index is 1.99. The summed E-state index contributed by atoms with van der Waals surface area (Å²) in [6, 6.07) is 5.58. The normalized spacial score (nSPS) is 21.7. The van der Waals surface area contributed by atoms with Gasteiger partial charge in [0.2, 0.25) is 0 Å². The lowest BCUT2D eigenvalue weighted by molar-refractivity contribution is -0.222. The average molecular weight is 431 g/mol. The Morgan fingerprint density at radius 1 is 1.13 bits per heavy atom. The lowest BCUT2D eigenvalue weighted by Gasteiger charge is -2.35. The van der Waals surface area contributed by atoms with E-state index in [1.54, 1.807) is 13.2 Å². The summed E-state index contributed by atoms with van der Waals surface area (Å²) in [6.45, 7) is 8.69. The Bertz CT molecular complexity index is 718. The van der Waals surface area contributed by atoms with E-state index in [1.807, 2.05) is 12.1 Å². The Morgan fingerprint density at radius 2 is 1.87 bits per heavy atom. The quantitative estimate of drug-likeness (QED) is 0.284. The van der Waals surface area contributed by atoms with Crippen molar-refractivity contribution in [1.82, 2.24) is 0 Å². The Hall–Kier alpha value is -1.78. The second-order valence-corrected chi connectivity index (χ2v) is 8.99. The van der Waals surface area contributed by atoms with Crippen LogP contribution in [-0.2, 0) is 15.9 Å². The molecule has 1 fully saturated rings. The first-order chi connectivity index (χ1) is 14.9. The van der Waals surface area contributed by atoms with Crippen LogP contribution < -0.4 is 4.74 Å². The van der Waals surface area contributed by atoms with Crippen molar-refractivity contribution in [1.29, 1.82) is 0 Å². The second-order valence-electron chi connectivity index (χ2n) is 8.99. The fourth-order valence-corrected chi connectivity index (χ4v) is 4.00. The predicted molar refractivity (Wildman–Crippen MR) is 128 cm³/mol. The van der Waals surface area contributed by atoms with Crippen molar-refractivity contribution in [2.45, 2.75) is 104 Å². The highest BCUT2D eigenvalue weighted by molar-refractivity contribution is 5.41. The predicted octanol–water partition coefficient (Wildman–Crippen LogP) is 7.11. The van der Waals surface area contributed by atoms with Gasteiger partial charge < -0.3 is 19.3 Å². The van der Waals surface area contributed by atoms with Gasteiger partial charge in [0, 0.05) is 6.42 Å². The molecule has 0 unspecified atom stereocenters. The number of ether oxygens (including phenoxy) is 3. The Kier molecular flexibility index (Phi) is 11.2. The summed E-state index contributed by atoms with van der Waals surface area (Å²) < 4.78 is 17.9. The number of benzene rings is 1. The van der Waals surface area contributed by atoms with Crippen molar-refractivity contribution in [3.05, 3.63) is 47.1 Å². The smallest absolute Gasteiger partial charge is 0.177 e. The van der Waals surface area contributed by atoms with E-state index in [0.29, 0.717) is 5.75 Å². The van der Waals surface area contributed by atoms with E-state index in [0.717, 1.165) is 44.1 Å². The zero-order valence-electron chi connectivity index (χ0n) is 20.2. The summed E-state index contributed by atoms with van der Waals surface area (Å²) in [4.78, 5) is 0. The molecule has 0 aliphatic carbocycles. The molecule has 1 aliphatic rings. The topological polar surface area (TPSA) is 47.9 Å². The van der Waals surface area contributed by atoms with E-state index >= 15 is 0 Å². The third-order valence-electron chi connectivity index (χ3n) is 5.82. The zero-order valence-corrected chi connectivity index (χ0v) is 20.2. The van der Waals surface area contributed by atoms with Gasteiger partial charge in [-0.15, -0.1) is 0 Å². The molecule has 1 aliphatic heterocycles. The number of unbranched alkanes of at least 4 members (excludes halogenated alkanes) is 2. The van der Waals surface area contributed by atoms with Crippen LogP contribution in [0.15, 0.2) is 41.5 Å². The first-order valence-electron chi connectivity index (χ1n) is 11.9. The van der Waals surface area contributed by atoms with Gasteiger partial charge in [-0.2, -0.15) is 0 Å². The monoisotopic (exact) mass is 430 g/mol. The summed E-state index contributed by atoms with van der Waals surface area (Å²) in [5.74, 6) is 0.703. The Labute approximate surface area is 189 Å². The number of methoxy groups -OCH3 is 1. The fourth-order valence-electron chi connectivity index (χ4n) is 4.00. The van der Waals surface area contributed by atoms with Crippen molar-refractivity contribution in [2.75, 3.05) is 7.11 Å². The van der Waals surface area contributed by atoms with Crippen LogP contribution in [0.25, 0.3) is 0 Å². The van der Waals surface area contributed by atoms with E-state index in [4.69, 9.17) is 14.2 Å². The van der Waals surface area contributed by atoms with E-state index in [9.17, 15) is 5.11 Å². The van der Waals surface area contributed by atoms with Crippen LogP contribution in [0.5, 0.6) is 11.5 Å². The van der Waals surface area contributed by atoms with Crippen molar-refractivity contribution in [2.24, 2.45) is 0 Å². The number of phenolic OH excluding ortho intramolecular Hbond substituents is 1. The number of aromatic hydroxyl groups is 1. The van der Waals surface area contributed by atoms with Crippen LogP contribution in [0.1, 0.15) is 84.6 Å². The van der Waals surface area contributed by atoms with Gasteiger partial charge in [0.1, 0.15) is 0 Å². The van der Waals surface area contributed by atoms with E-state index in [-0.39, 0.29) is 24.2 Å². The molecule has 0 radical (unpaired) electrons. The highest BCUT2D eigenvalue weighted by Crippen LogP contribution is 2.30. The van der Waals surface area contributed by atoms with E-state index < -0.39 is 0 Å². The summed E-state index contributed by atoms with van der Waals surface area (Å²) in [5, 5.41) is 9.82. The minimum absolute atomic E-state index is 0.173. The first-order valence-corrected chi connectivity index (χ1v) is 11.9. The molecule has 1 aromatic rings. The molecule has 2 rings (SSSR count). The van der Waals surface area contributed by atoms with Crippen molar-refractivity contribution < 1.29 is 19.3 Å². The maximum Gasteiger partial charge on any atom is 0.177 e. The molecule has 0 amide bonds. The number of hydrogen-bond acceptors (Lipinski definition) is 4. The third kappa shape index (κ3) is 9.49. The lowest BCUT2D eigenvalue weighted by atomic mass is 9.98. The van der Waals surface area contributed by atoms with Gasteiger partial charge in [0.15, 0.2) is 17.8 Å². The molecular formula is C27H42O4. The molecule has 1 N–H and O–H groups in total. The second kappa shape index (κ2) is 13.6. The Morgan fingerprint density at radius 3 is 2.55 bits per heavy atom. The molecule has 174 valence electrons. The molecule has 31 heavy (non-hydrogen) atoms. The highest BCUT2D eigenvalue weighted by atomic mass is 16.7. The molecule has 0 saturated carbocycles. The van der Waals surface area contributed by atoms with Crippen LogP contribution in [-0.4, -0.2) is 30.7 Å². The highest BCUT2D eigenvalue weighted by Gasteiger charge is 2.28. The molecule has 0 aromatic heterocycles. The van der Waals surface area contributed by atoms with Gasteiger partial charge in [-0.05, 0) is 76.6 Å². The summed E-state index contributed by atoms with van der Waals surface area (Å²) >= 11 is 0. The standard InChI is InChI=1S/C27H42O4/c1-6-7-8-12-23-19-24(15-13-22-14-16-25(28)26(18-22)29-5)31-27(30-23)17-21(4)11-9-10-20(2)3/h10,14,16-18,23-24,27-28H,6-9,11-13,15,19H2,1-5H3/b21-17+/t23-,24-,27+/m1/s1. The molecule has 1 heterocycles. The number of allylic oxidation sites excluding steroid dienone is 3. The van der Waals surface area contributed by atoms with Crippen LogP contribution in [0.3, 0.4) is 0 Å². The maximum atomic E-state index is 9.82. The van der Waals surface area contributed by atoms with Crippen LogP contribution >= 0.6 is 0 Å². The zero-order chi connectivity index (χ0) is 22.6. The van der Waals surface area contributed by atoms with Gasteiger partial charge in [-0.1, -0.05) is 49.5 Å². The summed E-state index contributed by atoms with van der Waals surface area (Å²) in [6.07, 6.45) is 14.3. The van der Waals surface area contributed by atoms with Crippen molar-refractivity contribution in [3.63, 3.8) is 0 Å². The minimum Gasteiger partial charge on any atom is -0.504 e. The average Bonchev–Trinajstić information content (AvgIpc) is 2.73. The summed E-state index contributed by atoms with van der Waals surface area (Å²) in [7, 11) is 1.58. The van der Waals surface area contributed by atoms with Crippen molar-refractivity contribution in [3.8, 4) is 11.5 Å². The molecule has 1 saturated heterocycles. The number of hydrogen-bond donors (Lipinski definition) is 1. The summed E-state index contributed by atoms with van der Waals surface area (Å²) in [5.41, 5.74) is 3.83. The molecular weight excluding hydrogens is 388 g/mol. The number of phenols is 1. The van der Waals surface area contributed by atoms with Gasteiger partial charge in [0.25, 0.3) is 0 Å². The van der Waals surface area contributed by atoms with Crippen molar-refractivity contribution >= 4 is 0 Å². The van der Waals surface area contributed by atoms with E-state index in [1.165, 1.54) is 30.4 Å². The molecule has 0 spiro atoms. The third-order valence-corrected chi connectivity index (χ3v) is 5.82. The van der Waals surface area contributed by atoms with Gasteiger partial charge in [-0.3, -0.25) is 0 Å². The molecule has 4 nitrogen and oxygen atoms in total. The van der Waals surface area contributed by atoms with Gasteiger partial charge >= 0.3 is 0 Å². The lowest BCUT2D eigenvalue weighted by Crippen LogP contribution is -2.37. The van der Waals surface area contributed by atoms with Crippen LogP contribution in [0.4, 0.5) is 0 Å². The molecule has 3 atom stereocenters. The minimum atomic E-state index is -0.258. The van der Waals surface area contributed by atoms with Gasteiger partial charge in [-0.25, -0.2) is 0 Å². The largest absolute Gasteiger partial charge is 0.504 e. The van der Waals surface area contributed by atoms with Gasteiger partial charge in [0.05, 0.1) is 19.3 Å². The number of rotatable bonds is 12. The fraction of sp³-hybridized carbons (Fsp3) is 0.630. The SMILES string of the molecule is CCCCC[C@@H]1C[C@@H](CCc2ccc(O)c(OC)c2)O[C@@H](/C=C(\C)CCC=C(C)C)O1.